The molecule has 1 N–H and O–H groups in total. The Morgan fingerprint density at radius 1 is 1.33 bits per heavy atom. The fraction of sp³-hybridized carbons (Fsp3) is 0.300. The number of ketones is 1. The van der Waals surface area contributed by atoms with E-state index in [1.165, 1.54) is 24.4 Å². The van der Waals surface area contributed by atoms with Gasteiger partial charge in [0.1, 0.15) is 23.6 Å². The second-order valence-corrected chi connectivity index (χ2v) is 7.14. The molecule has 1 saturated carbocycles. The molecule has 1 aromatic carbocycles. The highest BCUT2D eigenvalue weighted by Crippen LogP contribution is 2.47. The summed E-state index contributed by atoms with van der Waals surface area (Å²) in [5, 5.41) is 2.88. The zero-order valence-corrected chi connectivity index (χ0v) is 15.2. The number of aldehydes is 1. The number of nitrogens with zero attached hydrogens (tertiary/aromatic N) is 1. The van der Waals surface area contributed by atoms with Crippen LogP contribution in [0.5, 0.6) is 0 Å². The van der Waals surface area contributed by atoms with Crippen LogP contribution in [0, 0.1) is 11.2 Å². The summed E-state index contributed by atoms with van der Waals surface area (Å²) in [5.41, 5.74) is -0.522. The van der Waals surface area contributed by atoms with Crippen LogP contribution in [0.2, 0.25) is 5.02 Å². The molecule has 0 radical (unpaired) electrons. The number of benzene rings is 1. The first-order chi connectivity index (χ1) is 13.0. The summed E-state index contributed by atoms with van der Waals surface area (Å²) in [5.74, 6) is -1.87. The first kappa shape index (κ1) is 19.2. The van der Waals surface area contributed by atoms with Gasteiger partial charge in [-0.15, -0.1) is 0 Å². The van der Waals surface area contributed by atoms with Crippen molar-refractivity contribution in [3.63, 3.8) is 0 Å². The van der Waals surface area contributed by atoms with Gasteiger partial charge in [0, 0.05) is 41.1 Å². The van der Waals surface area contributed by atoms with Crippen LogP contribution in [0.15, 0.2) is 42.6 Å². The quantitative estimate of drug-likeness (QED) is 0.770. The smallest absolute Gasteiger partial charge is 0.269 e. The van der Waals surface area contributed by atoms with Gasteiger partial charge in [0.15, 0.2) is 0 Å². The Kier molecular flexibility index (Phi) is 5.65. The Morgan fingerprint density at radius 3 is 2.81 bits per heavy atom. The van der Waals surface area contributed by atoms with Crippen LogP contribution in [0.25, 0.3) is 0 Å². The summed E-state index contributed by atoms with van der Waals surface area (Å²) in [6.07, 6.45) is 2.72. The molecule has 0 saturated heterocycles. The molecule has 1 heterocycles. The van der Waals surface area contributed by atoms with Crippen LogP contribution < -0.4 is 5.32 Å². The van der Waals surface area contributed by atoms with Crippen molar-refractivity contribution in [2.24, 2.45) is 5.41 Å². The highest BCUT2D eigenvalue weighted by molar-refractivity contribution is 6.31. The van der Waals surface area contributed by atoms with E-state index >= 15 is 0 Å². The van der Waals surface area contributed by atoms with Crippen molar-refractivity contribution >= 4 is 29.6 Å². The molecular formula is C20H18ClFN2O3. The van der Waals surface area contributed by atoms with Crippen LogP contribution in [-0.2, 0) is 9.59 Å². The van der Waals surface area contributed by atoms with Crippen molar-refractivity contribution in [1.82, 2.24) is 10.3 Å². The zero-order valence-electron chi connectivity index (χ0n) is 14.5. The van der Waals surface area contributed by atoms with E-state index in [0.717, 1.165) is 6.29 Å². The lowest BCUT2D eigenvalue weighted by molar-refractivity contribution is -0.122. The minimum Gasteiger partial charge on any atom is -0.351 e. The average molecular weight is 389 g/mol. The monoisotopic (exact) mass is 388 g/mol. The molecule has 5 nitrogen and oxygen atoms in total. The fourth-order valence-electron chi connectivity index (χ4n) is 3.52. The van der Waals surface area contributed by atoms with Gasteiger partial charge in [0.05, 0.1) is 0 Å². The highest BCUT2D eigenvalue weighted by atomic mass is 35.5. The Hall–Kier alpha value is -2.60. The molecule has 140 valence electrons. The van der Waals surface area contributed by atoms with E-state index < -0.39 is 17.2 Å². The first-order valence-corrected chi connectivity index (χ1v) is 8.96. The van der Waals surface area contributed by atoms with Crippen LogP contribution in [0.1, 0.15) is 41.2 Å². The number of carbonyl (C=O) groups excluding carboxylic acids is 3. The molecule has 1 fully saturated rings. The SMILES string of the molecule is O=CC1(CCNC(=O)c2ccccn2)CC(=O)C(c2c(F)cccc2Cl)C1. The van der Waals surface area contributed by atoms with Gasteiger partial charge in [-0.3, -0.25) is 14.6 Å². The standard InChI is InChI=1S/C20H18ClFN2O3/c21-14-4-3-5-15(22)18(14)13-10-20(12-25,11-17(13)26)7-9-24-19(27)16-6-1-2-8-23-16/h1-6,8,12-13H,7,9-11H2,(H,24,27). The van der Waals surface area contributed by atoms with Gasteiger partial charge in [0.25, 0.3) is 5.91 Å². The summed E-state index contributed by atoms with van der Waals surface area (Å²) < 4.78 is 14.2. The molecule has 1 aliphatic rings. The van der Waals surface area contributed by atoms with Gasteiger partial charge in [0.2, 0.25) is 0 Å². The number of amides is 1. The largest absolute Gasteiger partial charge is 0.351 e. The Balaban J connectivity index is 1.68. The number of aromatic nitrogens is 1. The molecule has 0 spiro atoms. The summed E-state index contributed by atoms with van der Waals surface area (Å²) in [6.45, 7) is 0.207. The van der Waals surface area contributed by atoms with E-state index in [1.807, 2.05) is 0 Å². The number of hydrogen-bond donors (Lipinski definition) is 1. The molecule has 1 amide bonds. The second kappa shape index (κ2) is 7.96. The Bertz CT molecular complexity index is 855. The van der Waals surface area contributed by atoms with E-state index in [0.29, 0.717) is 0 Å². The predicted octanol–water partition coefficient (Wildman–Crippen LogP) is 3.33. The zero-order chi connectivity index (χ0) is 19.4. The Labute approximate surface area is 160 Å². The summed E-state index contributed by atoms with van der Waals surface area (Å²) >= 11 is 6.08. The number of carbonyl (C=O) groups is 3. The third-order valence-corrected chi connectivity index (χ3v) is 5.26. The maximum Gasteiger partial charge on any atom is 0.269 e. The molecule has 2 atom stereocenters. The average Bonchev–Trinajstić information content (AvgIpc) is 2.99. The van der Waals surface area contributed by atoms with Gasteiger partial charge < -0.3 is 10.1 Å². The Morgan fingerprint density at radius 2 is 2.15 bits per heavy atom. The normalized spacial score (nSPS) is 21.9. The molecule has 0 bridgehead atoms. The maximum atomic E-state index is 14.2. The van der Waals surface area contributed by atoms with Crippen molar-refractivity contribution in [3.8, 4) is 0 Å². The van der Waals surface area contributed by atoms with Crippen molar-refractivity contribution in [3.05, 3.63) is 64.7 Å². The van der Waals surface area contributed by atoms with E-state index in [-0.39, 0.29) is 53.8 Å². The third-order valence-electron chi connectivity index (χ3n) is 4.93. The fourth-order valence-corrected chi connectivity index (χ4v) is 3.82. The molecule has 27 heavy (non-hydrogen) atoms. The van der Waals surface area contributed by atoms with Gasteiger partial charge in [-0.2, -0.15) is 0 Å². The summed E-state index contributed by atoms with van der Waals surface area (Å²) in [6, 6.07) is 9.24. The molecule has 3 rings (SSSR count). The van der Waals surface area contributed by atoms with Crippen LogP contribution in [-0.4, -0.2) is 29.5 Å². The van der Waals surface area contributed by atoms with Crippen molar-refractivity contribution in [1.29, 1.82) is 0 Å². The molecule has 1 aromatic heterocycles. The molecule has 2 aromatic rings. The van der Waals surface area contributed by atoms with Crippen LogP contribution >= 0.6 is 11.6 Å². The van der Waals surface area contributed by atoms with Gasteiger partial charge >= 0.3 is 0 Å². The van der Waals surface area contributed by atoms with Gasteiger partial charge in [-0.1, -0.05) is 23.7 Å². The minimum atomic E-state index is -0.940. The molecule has 0 aliphatic heterocycles. The lowest BCUT2D eigenvalue weighted by atomic mass is 9.82. The molecular weight excluding hydrogens is 371 g/mol. The summed E-state index contributed by atoms with van der Waals surface area (Å²) in [4.78, 5) is 40.3. The topological polar surface area (TPSA) is 76.1 Å². The number of pyridine rings is 1. The second-order valence-electron chi connectivity index (χ2n) is 6.74. The number of nitrogens with one attached hydrogen (secondary N) is 1. The van der Waals surface area contributed by atoms with E-state index in [4.69, 9.17) is 11.6 Å². The van der Waals surface area contributed by atoms with E-state index in [2.05, 4.69) is 10.3 Å². The van der Waals surface area contributed by atoms with Crippen LogP contribution in [0.4, 0.5) is 4.39 Å². The molecule has 1 aliphatic carbocycles. The molecule has 2 unspecified atom stereocenters. The number of Topliss-reactive ketones (excluding diaryl/α,β-unsaturated/α-hetero) is 1. The predicted molar refractivity (Wildman–Crippen MR) is 98.1 cm³/mol. The number of rotatable bonds is 6. The van der Waals surface area contributed by atoms with E-state index in [1.54, 1.807) is 18.2 Å². The van der Waals surface area contributed by atoms with Gasteiger partial charge in [-0.05, 0) is 37.1 Å². The minimum absolute atomic E-state index is 0.00525. The number of halogens is 2. The van der Waals surface area contributed by atoms with Gasteiger partial charge in [-0.25, -0.2) is 4.39 Å². The molecule has 7 heteroatoms. The van der Waals surface area contributed by atoms with Crippen molar-refractivity contribution in [2.45, 2.75) is 25.2 Å². The summed E-state index contributed by atoms with van der Waals surface area (Å²) in [7, 11) is 0. The van der Waals surface area contributed by atoms with E-state index in [9.17, 15) is 18.8 Å². The van der Waals surface area contributed by atoms with Crippen molar-refractivity contribution < 1.29 is 18.8 Å². The maximum absolute atomic E-state index is 14.2. The lowest BCUT2D eigenvalue weighted by Gasteiger charge is -2.22. The lowest BCUT2D eigenvalue weighted by Crippen LogP contribution is -2.31. The van der Waals surface area contributed by atoms with Crippen molar-refractivity contribution in [2.75, 3.05) is 6.54 Å². The highest BCUT2D eigenvalue weighted by Gasteiger charge is 2.46. The third kappa shape index (κ3) is 4.06. The number of hydrogen-bond acceptors (Lipinski definition) is 4. The first-order valence-electron chi connectivity index (χ1n) is 8.58. The van der Waals surface area contributed by atoms with Crippen LogP contribution in [0.3, 0.4) is 0 Å².